The molecule has 0 atom stereocenters. The van der Waals surface area contributed by atoms with Gasteiger partial charge in [-0.1, -0.05) is 59.2 Å². The SMILES string of the molecule is CCCCC(=O)Nc1ccc(CCOC(=O)c2ccc3c(c2)C(C)(C)CCC3(C)C)cc1. The number of hydrogen-bond acceptors (Lipinski definition) is 3. The van der Waals surface area contributed by atoms with E-state index in [4.69, 9.17) is 4.74 Å². The highest BCUT2D eigenvalue weighted by atomic mass is 16.5. The van der Waals surface area contributed by atoms with Gasteiger partial charge in [-0.25, -0.2) is 4.79 Å². The molecule has 2 aromatic carbocycles. The second-order valence-electron chi connectivity index (χ2n) is 10.3. The van der Waals surface area contributed by atoms with Crippen molar-refractivity contribution in [3.05, 3.63) is 64.7 Å². The fourth-order valence-corrected chi connectivity index (χ4v) is 4.38. The Bertz CT molecular complexity index is 957. The van der Waals surface area contributed by atoms with Crippen LogP contribution >= 0.6 is 0 Å². The van der Waals surface area contributed by atoms with Crippen molar-refractivity contribution in [1.82, 2.24) is 0 Å². The summed E-state index contributed by atoms with van der Waals surface area (Å²) in [6, 6.07) is 13.8. The molecule has 172 valence electrons. The van der Waals surface area contributed by atoms with Crippen LogP contribution in [-0.2, 0) is 26.8 Å². The number of anilines is 1. The molecular formula is C28H37NO3. The van der Waals surface area contributed by atoms with Crippen molar-refractivity contribution in [1.29, 1.82) is 0 Å². The number of benzene rings is 2. The summed E-state index contributed by atoms with van der Waals surface area (Å²) in [6.07, 6.45) is 5.35. The number of nitrogens with one attached hydrogen (secondary N) is 1. The van der Waals surface area contributed by atoms with Gasteiger partial charge in [0.15, 0.2) is 0 Å². The molecule has 0 aliphatic heterocycles. The van der Waals surface area contributed by atoms with Crippen molar-refractivity contribution in [3.63, 3.8) is 0 Å². The summed E-state index contributed by atoms with van der Waals surface area (Å²) in [7, 11) is 0. The Morgan fingerprint density at radius 2 is 1.59 bits per heavy atom. The number of rotatable bonds is 8. The average Bonchev–Trinajstić information content (AvgIpc) is 2.76. The molecule has 1 aliphatic carbocycles. The molecule has 0 saturated heterocycles. The van der Waals surface area contributed by atoms with Crippen molar-refractivity contribution in [2.75, 3.05) is 11.9 Å². The second-order valence-corrected chi connectivity index (χ2v) is 10.3. The van der Waals surface area contributed by atoms with Crippen molar-refractivity contribution >= 4 is 17.6 Å². The smallest absolute Gasteiger partial charge is 0.338 e. The molecule has 0 spiro atoms. The monoisotopic (exact) mass is 435 g/mol. The van der Waals surface area contributed by atoms with Crippen LogP contribution in [-0.4, -0.2) is 18.5 Å². The highest BCUT2D eigenvalue weighted by molar-refractivity contribution is 5.91. The van der Waals surface area contributed by atoms with Crippen LogP contribution in [0.5, 0.6) is 0 Å². The zero-order chi connectivity index (χ0) is 23.4. The van der Waals surface area contributed by atoms with E-state index in [0.717, 1.165) is 36.9 Å². The minimum atomic E-state index is -0.271. The van der Waals surface area contributed by atoms with Gasteiger partial charge in [-0.3, -0.25) is 4.79 Å². The van der Waals surface area contributed by atoms with Crippen molar-refractivity contribution < 1.29 is 14.3 Å². The molecule has 3 rings (SSSR count). The molecular weight excluding hydrogens is 398 g/mol. The first-order valence-corrected chi connectivity index (χ1v) is 11.8. The molecule has 1 aliphatic rings. The van der Waals surface area contributed by atoms with E-state index in [1.54, 1.807) is 0 Å². The first-order valence-electron chi connectivity index (χ1n) is 11.8. The van der Waals surface area contributed by atoms with Crippen LogP contribution in [0.15, 0.2) is 42.5 Å². The van der Waals surface area contributed by atoms with E-state index in [1.807, 2.05) is 36.4 Å². The van der Waals surface area contributed by atoms with E-state index in [-0.39, 0.29) is 22.7 Å². The van der Waals surface area contributed by atoms with Crippen LogP contribution in [0.3, 0.4) is 0 Å². The lowest BCUT2D eigenvalue weighted by atomic mass is 9.63. The van der Waals surface area contributed by atoms with Crippen LogP contribution in [0.4, 0.5) is 5.69 Å². The number of carbonyl (C=O) groups excluding carboxylic acids is 2. The van der Waals surface area contributed by atoms with Gasteiger partial charge >= 0.3 is 5.97 Å². The molecule has 1 amide bonds. The van der Waals surface area contributed by atoms with Gasteiger partial charge in [0.25, 0.3) is 0 Å². The molecule has 0 bridgehead atoms. The summed E-state index contributed by atoms with van der Waals surface area (Å²) in [5, 5.41) is 2.91. The Labute approximate surface area is 192 Å². The lowest BCUT2D eigenvalue weighted by Gasteiger charge is -2.41. The van der Waals surface area contributed by atoms with E-state index in [2.05, 4.69) is 46.0 Å². The van der Waals surface area contributed by atoms with Crippen molar-refractivity contribution in [2.24, 2.45) is 0 Å². The molecule has 0 unspecified atom stereocenters. The summed E-state index contributed by atoms with van der Waals surface area (Å²) < 4.78 is 5.57. The van der Waals surface area contributed by atoms with Gasteiger partial charge in [0, 0.05) is 18.5 Å². The minimum absolute atomic E-state index is 0.0464. The van der Waals surface area contributed by atoms with Crippen LogP contribution in [0, 0.1) is 0 Å². The fourth-order valence-electron chi connectivity index (χ4n) is 4.38. The number of ether oxygens (including phenoxy) is 1. The Balaban J connectivity index is 1.56. The maximum absolute atomic E-state index is 12.7. The Morgan fingerprint density at radius 1 is 0.938 bits per heavy atom. The predicted octanol–water partition coefficient (Wildman–Crippen LogP) is 6.56. The number of amides is 1. The molecule has 32 heavy (non-hydrogen) atoms. The fraction of sp³-hybridized carbons (Fsp3) is 0.500. The van der Waals surface area contributed by atoms with Gasteiger partial charge in [-0.15, -0.1) is 0 Å². The first kappa shape index (κ1) is 24.0. The predicted molar refractivity (Wildman–Crippen MR) is 130 cm³/mol. The second kappa shape index (κ2) is 9.89. The van der Waals surface area contributed by atoms with E-state index < -0.39 is 0 Å². The molecule has 0 saturated carbocycles. The van der Waals surface area contributed by atoms with Gasteiger partial charge < -0.3 is 10.1 Å². The number of unbranched alkanes of at least 4 members (excludes halogenated alkanes) is 1. The number of fused-ring (bicyclic) bond motifs is 1. The van der Waals surface area contributed by atoms with E-state index in [1.165, 1.54) is 11.1 Å². The quantitative estimate of drug-likeness (QED) is 0.478. The highest BCUT2D eigenvalue weighted by Crippen LogP contribution is 2.45. The van der Waals surface area contributed by atoms with Gasteiger partial charge in [-0.05, 0) is 71.0 Å². The van der Waals surface area contributed by atoms with Crippen LogP contribution in [0.25, 0.3) is 0 Å². The number of carbonyl (C=O) groups is 2. The zero-order valence-electron chi connectivity index (χ0n) is 20.2. The van der Waals surface area contributed by atoms with Crippen molar-refractivity contribution in [3.8, 4) is 0 Å². The Kier molecular flexibility index (Phi) is 7.43. The summed E-state index contributed by atoms with van der Waals surface area (Å²) in [6.45, 7) is 11.5. The lowest BCUT2D eigenvalue weighted by Crippen LogP contribution is -2.34. The molecule has 2 aromatic rings. The Hall–Kier alpha value is -2.62. The molecule has 0 aromatic heterocycles. The Morgan fingerprint density at radius 3 is 2.25 bits per heavy atom. The summed E-state index contributed by atoms with van der Waals surface area (Å²) >= 11 is 0. The van der Waals surface area contributed by atoms with Crippen LogP contribution in [0.2, 0.25) is 0 Å². The number of esters is 1. The molecule has 4 nitrogen and oxygen atoms in total. The largest absolute Gasteiger partial charge is 0.462 e. The zero-order valence-corrected chi connectivity index (χ0v) is 20.2. The van der Waals surface area contributed by atoms with Crippen LogP contribution < -0.4 is 5.32 Å². The van der Waals surface area contributed by atoms with Gasteiger partial charge in [-0.2, -0.15) is 0 Å². The molecule has 1 N–H and O–H groups in total. The molecule has 4 heteroatoms. The van der Waals surface area contributed by atoms with Gasteiger partial charge in [0.1, 0.15) is 0 Å². The van der Waals surface area contributed by atoms with E-state index in [0.29, 0.717) is 25.0 Å². The maximum Gasteiger partial charge on any atom is 0.338 e. The third-order valence-corrected chi connectivity index (χ3v) is 6.71. The summed E-state index contributed by atoms with van der Waals surface area (Å²) in [5.41, 5.74) is 5.29. The highest BCUT2D eigenvalue weighted by Gasteiger charge is 2.37. The maximum atomic E-state index is 12.7. The normalized spacial score (nSPS) is 16.2. The van der Waals surface area contributed by atoms with E-state index in [9.17, 15) is 9.59 Å². The number of hydrogen-bond donors (Lipinski definition) is 1. The van der Waals surface area contributed by atoms with Gasteiger partial charge in [0.2, 0.25) is 5.91 Å². The molecule has 0 radical (unpaired) electrons. The van der Waals surface area contributed by atoms with Crippen LogP contribution in [0.1, 0.15) is 93.8 Å². The molecule has 0 fully saturated rings. The van der Waals surface area contributed by atoms with Crippen molar-refractivity contribution in [2.45, 2.75) is 84.0 Å². The standard InChI is InChI=1S/C28H37NO3/c1-6-7-8-25(30)29-22-12-9-20(10-13-22)15-18-32-26(31)21-11-14-23-24(19-21)28(4,5)17-16-27(23,2)3/h9-14,19H,6-8,15-18H2,1-5H3,(H,29,30). The topological polar surface area (TPSA) is 55.4 Å². The first-order chi connectivity index (χ1) is 15.1. The molecule has 0 heterocycles. The summed E-state index contributed by atoms with van der Waals surface area (Å²) in [5.74, 6) is -0.225. The lowest BCUT2D eigenvalue weighted by molar-refractivity contribution is -0.116. The third-order valence-electron chi connectivity index (χ3n) is 6.71. The average molecular weight is 436 g/mol. The summed E-state index contributed by atoms with van der Waals surface area (Å²) in [4.78, 5) is 24.5. The third kappa shape index (κ3) is 5.79. The van der Waals surface area contributed by atoms with E-state index >= 15 is 0 Å². The minimum Gasteiger partial charge on any atom is -0.462 e. The van der Waals surface area contributed by atoms with Gasteiger partial charge in [0.05, 0.1) is 12.2 Å².